The summed E-state index contributed by atoms with van der Waals surface area (Å²) in [5.41, 5.74) is 15.1. The fourth-order valence-electron chi connectivity index (χ4n) is 7.17. The van der Waals surface area contributed by atoms with Crippen LogP contribution in [0.5, 0.6) is 0 Å². The van der Waals surface area contributed by atoms with Crippen molar-refractivity contribution in [2.75, 3.05) is 4.90 Å². The molecule has 0 heterocycles. The summed E-state index contributed by atoms with van der Waals surface area (Å²) in [5.74, 6) is 2.69. The lowest BCUT2D eigenvalue weighted by Crippen LogP contribution is -2.11. The fraction of sp³-hybridized carbons (Fsp3) is 0.0196. The Hall–Kier alpha value is -6.88. The molecule has 0 radical (unpaired) electrons. The molecule has 0 fully saturated rings. The highest BCUT2D eigenvalue weighted by molar-refractivity contribution is 5.96. The van der Waals surface area contributed by atoms with Crippen LogP contribution in [0.15, 0.2) is 194 Å². The van der Waals surface area contributed by atoms with E-state index in [0.717, 1.165) is 33.8 Å². The molecule has 0 aliphatic carbocycles. The molecular weight excluding hydrogens is 627 g/mol. The second kappa shape index (κ2) is 14.5. The largest absolute Gasteiger partial charge is 0.310 e. The zero-order valence-electron chi connectivity index (χ0n) is 29.1. The number of rotatable bonds is 8. The molecule has 0 unspecified atom stereocenters. The summed E-state index contributed by atoms with van der Waals surface area (Å²) in [6.45, 7) is 2.18. The van der Waals surface area contributed by atoms with Crippen molar-refractivity contribution < 1.29 is 0 Å². The van der Waals surface area contributed by atoms with Crippen LogP contribution in [0.3, 0.4) is 0 Å². The van der Waals surface area contributed by atoms with Crippen LogP contribution in [0.2, 0.25) is 0 Å². The molecular formula is C51H37N. The van der Waals surface area contributed by atoms with Crippen molar-refractivity contribution in [1.29, 1.82) is 0 Å². The predicted octanol–water partition coefficient (Wildman–Crippen LogP) is 13.9. The van der Waals surface area contributed by atoms with Gasteiger partial charge in [0.25, 0.3) is 0 Å². The highest BCUT2D eigenvalue weighted by Gasteiger charge is 2.18. The molecule has 0 atom stereocenters. The Morgan fingerprint density at radius 1 is 0.462 bits per heavy atom. The van der Waals surface area contributed by atoms with Gasteiger partial charge in [0.05, 0.1) is 5.69 Å². The van der Waals surface area contributed by atoms with E-state index in [4.69, 9.17) is 6.42 Å². The van der Waals surface area contributed by atoms with Gasteiger partial charge in [0, 0.05) is 16.9 Å². The number of hydrogen-bond donors (Lipinski definition) is 0. The van der Waals surface area contributed by atoms with E-state index in [9.17, 15) is 0 Å². The van der Waals surface area contributed by atoms with Crippen molar-refractivity contribution in [3.8, 4) is 56.9 Å². The average Bonchev–Trinajstić information content (AvgIpc) is 3.22. The molecule has 0 bridgehead atoms. The normalized spacial score (nSPS) is 11.1. The standard InChI is InChI=1S/C51H37N/c1-3-4-20-48-37(2)47-21-12-11-19-44(47)36-50(48)43-30-34-46(35-31-43)52(51-23-14-13-22-49(51)42-17-9-6-10-18-42)45-32-28-41(29-33-45)40-26-24-39(25-27-40)38-15-7-5-8-16-38/h1,4-36H,2H3/b20-4-. The van der Waals surface area contributed by atoms with E-state index in [2.05, 4.69) is 212 Å². The molecule has 0 aromatic heterocycles. The summed E-state index contributed by atoms with van der Waals surface area (Å²) in [6.07, 6.45) is 9.52. The Bertz CT molecular complexity index is 2540. The second-order valence-corrected chi connectivity index (χ2v) is 12.9. The lowest BCUT2D eigenvalue weighted by atomic mass is 9.90. The first-order valence-electron chi connectivity index (χ1n) is 17.6. The molecule has 0 aliphatic rings. The van der Waals surface area contributed by atoms with Crippen LogP contribution in [0, 0.1) is 19.3 Å². The van der Waals surface area contributed by atoms with Gasteiger partial charge in [0.2, 0.25) is 0 Å². The Labute approximate surface area is 306 Å². The Morgan fingerprint density at radius 2 is 0.923 bits per heavy atom. The van der Waals surface area contributed by atoms with Crippen LogP contribution in [0.25, 0.3) is 61.4 Å². The van der Waals surface area contributed by atoms with Gasteiger partial charge in [-0.3, -0.25) is 0 Å². The van der Waals surface area contributed by atoms with Crippen LogP contribution in [-0.4, -0.2) is 0 Å². The van der Waals surface area contributed by atoms with Gasteiger partial charge in [0.1, 0.15) is 0 Å². The minimum absolute atomic E-state index is 1.07. The average molecular weight is 664 g/mol. The lowest BCUT2D eigenvalue weighted by Gasteiger charge is -2.28. The minimum atomic E-state index is 1.07. The van der Waals surface area contributed by atoms with Gasteiger partial charge in [0.15, 0.2) is 0 Å². The van der Waals surface area contributed by atoms with E-state index in [1.165, 1.54) is 49.7 Å². The smallest absolute Gasteiger partial charge is 0.0540 e. The second-order valence-electron chi connectivity index (χ2n) is 12.9. The van der Waals surface area contributed by atoms with E-state index in [-0.39, 0.29) is 0 Å². The van der Waals surface area contributed by atoms with Crippen molar-refractivity contribution in [3.63, 3.8) is 0 Å². The third kappa shape index (κ3) is 6.42. The van der Waals surface area contributed by atoms with Crippen molar-refractivity contribution in [2.45, 2.75) is 6.92 Å². The van der Waals surface area contributed by atoms with Crippen LogP contribution >= 0.6 is 0 Å². The summed E-state index contributed by atoms with van der Waals surface area (Å²) >= 11 is 0. The summed E-state index contributed by atoms with van der Waals surface area (Å²) in [4.78, 5) is 2.36. The van der Waals surface area contributed by atoms with Gasteiger partial charge < -0.3 is 4.90 Å². The third-order valence-corrected chi connectivity index (χ3v) is 9.82. The predicted molar refractivity (Wildman–Crippen MR) is 223 cm³/mol. The molecule has 0 saturated carbocycles. The number of fused-ring (bicyclic) bond motifs is 1. The highest BCUT2D eigenvalue weighted by Crippen LogP contribution is 2.42. The van der Waals surface area contributed by atoms with Crippen LogP contribution in [-0.2, 0) is 0 Å². The first kappa shape index (κ1) is 32.3. The molecule has 1 nitrogen and oxygen atoms in total. The van der Waals surface area contributed by atoms with Crippen molar-refractivity contribution in [3.05, 3.63) is 205 Å². The van der Waals surface area contributed by atoms with Crippen molar-refractivity contribution in [2.24, 2.45) is 0 Å². The van der Waals surface area contributed by atoms with E-state index in [0.29, 0.717) is 0 Å². The molecule has 1 heteroatoms. The maximum atomic E-state index is 5.67. The van der Waals surface area contributed by atoms with Gasteiger partial charge in [-0.1, -0.05) is 158 Å². The quantitative estimate of drug-likeness (QED) is 0.146. The van der Waals surface area contributed by atoms with Gasteiger partial charge in [-0.05, 0) is 116 Å². The number of nitrogens with zero attached hydrogens (tertiary/aromatic N) is 1. The van der Waals surface area contributed by atoms with Crippen molar-refractivity contribution >= 4 is 33.9 Å². The fourth-order valence-corrected chi connectivity index (χ4v) is 7.17. The van der Waals surface area contributed by atoms with E-state index < -0.39 is 0 Å². The zero-order valence-corrected chi connectivity index (χ0v) is 29.1. The number of aryl methyl sites for hydroxylation is 1. The van der Waals surface area contributed by atoms with Crippen molar-refractivity contribution in [1.82, 2.24) is 0 Å². The highest BCUT2D eigenvalue weighted by atomic mass is 15.1. The minimum Gasteiger partial charge on any atom is -0.310 e. The van der Waals surface area contributed by atoms with E-state index in [1.807, 2.05) is 0 Å². The molecule has 0 aliphatic heterocycles. The first-order valence-corrected chi connectivity index (χ1v) is 17.6. The number of benzene rings is 8. The zero-order chi connectivity index (χ0) is 35.3. The monoisotopic (exact) mass is 663 g/mol. The lowest BCUT2D eigenvalue weighted by molar-refractivity contribution is 1.28. The Morgan fingerprint density at radius 3 is 1.54 bits per heavy atom. The third-order valence-electron chi connectivity index (χ3n) is 9.82. The topological polar surface area (TPSA) is 3.24 Å². The molecule has 8 rings (SSSR count). The molecule has 0 saturated heterocycles. The van der Waals surface area contributed by atoms with Crippen LogP contribution < -0.4 is 4.90 Å². The SMILES string of the molecule is C#C/C=C\c1c(-c2ccc(N(c3ccc(-c4ccc(-c5ccccc5)cc4)cc3)c3ccccc3-c3ccccc3)cc2)cc2ccccc2c1C. The molecule has 8 aromatic rings. The summed E-state index contributed by atoms with van der Waals surface area (Å²) < 4.78 is 0. The summed E-state index contributed by atoms with van der Waals surface area (Å²) in [7, 11) is 0. The number of terminal acetylenes is 1. The number of allylic oxidation sites excluding steroid dienone is 1. The molecule has 0 spiro atoms. The molecule has 246 valence electrons. The Kier molecular flexibility index (Phi) is 9.04. The number of anilines is 3. The van der Waals surface area contributed by atoms with Gasteiger partial charge in [-0.2, -0.15) is 0 Å². The van der Waals surface area contributed by atoms with Crippen LogP contribution in [0.1, 0.15) is 11.1 Å². The van der Waals surface area contributed by atoms with Crippen LogP contribution in [0.4, 0.5) is 17.1 Å². The first-order chi connectivity index (χ1) is 25.7. The van der Waals surface area contributed by atoms with E-state index >= 15 is 0 Å². The number of para-hydroxylation sites is 1. The maximum absolute atomic E-state index is 5.67. The molecule has 0 amide bonds. The number of hydrogen-bond acceptors (Lipinski definition) is 1. The molecule has 52 heavy (non-hydrogen) atoms. The van der Waals surface area contributed by atoms with Gasteiger partial charge in [-0.15, -0.1) is 6.42 Å². The summed E-state index contributed by atoms with van der Waals surface area (Å²) in [5, 5.41) is 2.45. The molecule has 0 N–H and O–H groups in total. The maximum Gasteiger partial charge on any atom is 0.0540 e. The Balaban J connectivity index is 1.21. The summed E-state index contributed by atoms with van der Waals surface area (Å²) in [6, 6.07) is 67.2. The van der Waals surface area contributed by atoms with Gasteiger partial charge in [-0.25, -0.2) is 0 Å². The molecule has 8 aromatic carbocycles. The van der Waals surface area contributed by atoms with E-state index in [1.54, 1.807) is 6.08 Å². The van der Waals surface area contributed by atoms with Gasteiger partial charge >= 0.3 is 0 Å².